The summed E-state index contributed by atoms with van der Waals surface area (Å²) in [6.07, 6.45) is 0. The Hall–Kier alpha value is -1.64. The quantitative estimate of drug-likeness (QED) is 0.584. The maximum atomic E-state index is 12.8. The first-order valence-electron chi connectivity index (χ1n) is 7.18. The first-order chi connectivity index (χ1) is 10.4. The molecule has 0 aliphatic carbocycles. The van der Waals surface area contributed by atoms with E-state index in [0.29, 0.717) is 30.1 Å². The summed E-state index contributed by atoms with van der Waals surface area (Å²) in [6, 6.07) is 6.99. The molecule has 0 atom stereocenters. The third kappa shape index (κ3) is 3.76. The Balaban J connectivity index is 2.23. The molecule has 2 rings (SSSR count). The third-order valence-corrected chi connectivity index (χ3v) is 5.75. The van der Waals surface area contributed by atoms with E-state index in [1.807, 2.05) is 13.1 Å². The Morgan fingerprint density at radius 2 is 1.91 bits per heavy atom. The monoisotopic (exact) mass is 325 g/mol. The van der Waals surface area contributed by atoms with Crippen molar-refractivity contribution in [3.63, 3.8) is 0 Å². The molecule has 8 heteroatoms. The van der Waals surface area contributed by atoms with Gasteiger partial charge in [-0.3, -0.25) is 4.99 Å². The van der Waals surface area contributed by atoms with Gasteiger partial charge < -0.3 is 16.0 Å². The van der Waals surface area contributed by atoms with Crippen molar-refractivity contribution in [3.8, 4) is 0 Å². The SMILES string of the molecule is CN=C(N)NCc1ccccc1S(=O)(=O)N1CCN(C)CC1. The molecule has 1 aromatic carbocycles. The molecule has 0 bridgehead atoms. The molecule has 7 nitrogen and oxygen atoms in total. The van der Waals surface area contributed by atoms with E-state index in [1.165, 1.54) is 0 Å². The molecule has 1 fully saturated rings. The molecule has 122 valence electrons. The minimum Gasteiger partial charge on any atom is -0.370 e. The third-order valence-electron chi connectivity index (χ3n) is 3.75. The highest BCUT2D eigenvalue weighted by molar-refractivity contribution is 7.89. The van der Waals surface area contributed by atoms with Gasteiger partial charge >= 0.3 is 0 Å². The lowest BCUT2D eigenvalue weighted by molar-refractivity contribution is 0.222. The number of piperazine rings is 1. The van der Waals surface area contributed by atoms with Gasteiger partial charge in [0.2, 0.25) is 10.0 Å². The van der Waals surface area contributed by atoms with Crippen molar-refractivity contribution in [2.75, 3.05) is 40.3 Å². The van der Waals surface area contributed by atoms with E-state index in [4.69, 9.17) is 5.73 Å². The summed E-state index contributed by atoms with van der Waals surface area (Å²) in [4.78, 5) is 6.26. The number of guanidine groups is 1. The summed E-state index contributed by atoms with van der Waals surface area (Å²) < 4.78 is 27.2. The predicted octanol–water partition coefficient (Wildman–Crippen LogP) is -0.343. The molecule has 1 aromatic rings. The van der Waals surface area contributed by atoms with Crippen LogP contribution in [-0.2, 0) is 16.6 Å². The van der Waals surface area contributed by atoms with Gasteiger partial charge in [-0.15, -0.1) is 0 Å². The van der Waals surface area contributed by atoms with Crippen molar-refractivity contribution in [3.05, 3.63) is 29.8 Å². The Kier molecular flexibility index (Phi) is 5.38. The summed E-state index contributed by atoms with van der Waals surface area (Å²) in [7, 11) is 0.0886. The summed E-state index contributed by atoms with van der Waals surface area (Å²) in [5, 5.41) is 2.91. The Morgan fingerprint density at radius 1 is 1.27 bits per heavy atom. The predicted molar refractivity (Wildman–Crippen MR) is 87.1 cm³/mol. The van der Waals surface area contributed by atoms with Gasteiger partial charge in [0, 0.05) is 39.8 Å². The van der Waals surface area contributed by atoms with Crippen LogP contribution in [0.25, 0.3) is 0 Å². The lowest BCUT2D eigenvalue weighted by Gasteiger charge is -2.32. The van der Waals surface area contributed by atoms with E-state index in [1.54, 1.807) is 29.6 Å². The van der Waals surface area contributed by atoms with Gasteiger partial charge in [-0.25, -0.2) is 8.42 Å². The zero-order valence-corrected chi connectivity index (χ0v) is 13.8. The van der Waals surface area contributed by atoms with Gasteiger partial charge in [0.05, 0.1) is 4.90 Å². The van der Waals surface area contributed by atoms with Crippen LogP contribution < -0.4 is 11.1 Å². The molecule has 0 aromatic heterocycles. The second-order valence-corrected chi connectivity index (χ2v) is 7.18. The zero-order valence-electron chi connectivity index (χ0n) is 13.0. The number of hydrogen-bond acceptors (Lipinski definition) is 4. The van der Waals surface area contributed by atoms with Crippen LogP contribution in [0, 0.1) is 0 Å². The van der Waals surface area contributed by atoms with Crippen LogP contribution in [0.3, 0.4) is 0 Å². The molecule has 1 aliphatic heterocycles. The maximum Gasteiger partial charge on any atom is 0.243 e. The van der Waals surface area contributed by atoms with Crippen LogP contribution in [0.15, 0.2) is 34.2 Å². The molecule has 1 saturated heterocycles. The number of nitrogens with zero attached hydrogens (tertiary/aromatic N) is 3. The normalized spacial score (nSPS) is 18.4. The lowest BCUT2D eigenvalue weighted by atomic mass is 10.2. The number of nitrogens with two attached hydrogens (primary N) is 1. The number of hydrogen-bond donors (Lipinski definition) is 2. The summed E-state index contributed by atoms with van der Waals surface area (Å²) in [6.45, 7) is 2.84. The van der Waals surface area contributed by atoms with E-state index in [9.17, 15) is 8.42 Å². The number of aliphatic imine (C=N–C) groups is 1. The van der Waals surface area contributed by atoms with Gasteiger partial charge in [0.1, 0.15) is 0 Å². The average molecular weight is 325 g/mol. The van der Waals surface area contributed by atoms with E-state index in [2.05, 4.69) is 15.2 Å². The molecule has 0 amide bonds. The van der Waals surface area contributed by atoms with Gasteiger partial charge in [-0.05, 0) is 18.7 Å². The van der Waals surface area contributed by atoms with Crippen molar-refractivity contribution in [2.45, 2.75) is 11.4 Å². The van der Waals surface area contributed by atoms with Gasteiger partial charge in [0.25, 0.3) is 0 Å². The Bertz CT molecular complexity index is 636. The van der Waals surface area contributed by atoms with Crippen LogP contribution in [0.5, 0.6) is 0 Å². The Labute approximate surface area is 131 Å². The topological polar surface area (TPSA) is 91.0 Å². The fourth-order valence-electron chi connectivity index (χ4n) is 2.33. The fourth-order valence-corrected chi connectivity index (χ4v) is 3.98. The van der Waals surface area contributed by atoms with Crippen LogP contribution in [0.2, 0.25) is 0 Å². The second-order valence-electron chi connectivity index (χ2n) is 5.28. The molecule has 0 radical (unpaired) electrons. The van der Waals surface area contributed by atoms with Gasteiger partial charge in [-0.1, -0.05) is 18.2 Å². The second kappa shape index (κ2) is 7.08. The van der Waals surface area contributed by atoms with Crippen LogP contribution in [-0.4, -0.2) is 63.9 Å². The van der Waals surface area contributed by atoms with Gasteiger partial charge in [-0.2, -0.15) is 4.31 Å². The molecule has 3 N–H and O–H groups in total. The standard InChI is InChI=1S/C14H23N5O2S/c1-16-14(15)17-11-12-5-3-4-6-13(12)22(20,21)19-9-7-18(2)8-10-19/h3-6H,7-11H2,1-2H3,(H3,15,16,17). The Morgan fingerprint density at radius 3 is 2.55 bits per heavy atom. The smallest absolute Gasteiger partial charge is 0.243 e. The first kappa shape index (κ1) is 16.7. The van der Waals surface area contributed by atoms with E-state index < -0.39 is 10.0 Å². The van der Waals surface area contributed by atoms with Crippen molar-refractivity contribution in [1.82, 2.24) is 14.5 Å². The average Bonchev–Trinajstić information content (AvgIpc) is 2.53. The maximum absolute atomic E-state index is 12.8. The zero-order chi connectivity index (χ0) is 16.2. The molecule has 22 heavy (non-hydrogen) atoms. The molecular weight excluding hydrogens is 302 g/mol. The summed E-state index contributed by atoms with van der Waals surface area (Å²) >= 11 is 0. The summed E-state index contributed by atoms with van der Waals surface area (Å²) in [5.41, 5.74) is 6.30. The van der Waals surface area contributed by atoms with Gasteiger partial charge in [0.15, 0.2) is 5.96 Å². The highest BCUT2D eigenvalue weighted by atomic mass is 32.2. The van der Waals surface area contributed by atoms with Crippen molar-refractivity contribution in [1.29, 1.82) is 0 Å². The molecule has 1 aliphatic rings. The largest absolute Gasteiger partial charge is 0.370 e. The number of rotatable bonds is 4. The molecular formula is C14H23N5O2S. The highest BCUT2D eigenvalue weighted by Crippen LogP contribution is 2.21. The van der Waals surface area contributed by atoms with E-state index in [-0.39, 0.29) is 5.96 Å². The lowest BCUT2D eigenvalue weighted by Crippen LogP contribution is -2.47. The summed E-state index contributed by atoms with van der Waals surface area (Å²) in [5.74, 6) is 0.284. The number of nitrogens with one attached hydrogen (secondary N) is 1. The first-order valence-corrected chi connectivity index (χ1v) is 8.62. The molecule has 0 spiro atoms. The minimum absolute atomic E-state index is 0.284. The van der Waals surface area contributed by atoms with Crippen molar-refractivity contribution in [2.24, 2.45) is 10.7 Å². The van der Waals surface area contributed by atoms with E-state index in [0.717, 1.165) is 13.1 Å². The highest BCUT2D eigenvalue weighted by Gasteiger charge is 2.29. The van der Waals surface area contributed by atoms with E-state index >= 15 is 0 Å². The number of benzene rings is 1. The number of sulfonamides is 1. The van der Waals surface area contributed by atoms with Crippen molar-refractivity contribution < 1.29 is 8.42 Å². The van der Waals surface area contributed by atoms with Crippen molar-refractivity contribution >= 4 is 16.0 Å². The van der Waals surface area contributed by atoms with Crippen LogP contribution >= 0.6 is 0 Å². The van der Waals surface area contributed by atoms with Crippen LogP contribution in [0.1, 0.15) is 5.56 Å². The minimum atomic E-state index is -3.48. The fraction of sp³-hybridized carbons (Fsp3) is 0.500. The molecule has 1 heterocycles. The molecule has 0 unspecified atom stereocenters. The number of likely N-dealkylation sites (N-methyl/N-ethyl adjacent to an activating group) is 1. The van der Waals surface area contributed by atoms with Crippen LogP contribution in [0.4, 0.5) is 0 Å². The molecule has 0 saturated carbocycles.